The molecule has 2 aliphatic rings. The fraction of sp³-hybridized carbons (Fsp3) is 0.400. The fourth-order valence-corrected chi connectivity index (χ4v) is 4.64. The molecular formula is C20H22N6O2. The quantitative estimate of drug-likeness (QED) is 0.739. The lowest BCUT2D eigenvalue weighted by Crippen LogP contribution is -2.50. The first-order valence-electron chi connectivity index (χ1n) is 9.55. The minimum absolute atomic E-state index is 0.0296. The van der Waals surface area contributed by atoms with Crippen LogP contribution in [-0.2, 0) is 0 Å². The van der Waals surface area contributed by atoms with Gasteiger partial charge in [-0.3, -0.25) is 4.79 Å². The van der Waals surface area contributed by atoms with Gasteiger partial charge in [0, 0.05) is 48.9 Å². The van der Waals surface area contributed by atoms with Crippen LogP contribution in [0, 0.1) is 12.8 Å². The molecule has 1 fully saturated rings. The molecule has 2 aliphatic heterocycles. The van der Waals surface area contributed by atoms with Crippen molar-refractivity contribution in [2.24, 2.45) is 5.92 Å². The summed E-state index contributed by atoms with van der Waals surface area (Å²) in [6.07, 6.45) is 6.27. The van der Waals surface area contributed by atoms with Crippen LogP contribution in [0.4, 0.5) is 5.82 Å². The Kier molecular flexibility index (Phi) is 4.01. The van der Waals surface area contributed by atoms with Crippen LogP contribution in [0.3, 0.4) is 0 Å². The lowest BCUT2D eigenvalue weighted by atomic mass is 9.78. The second-order valence-electron chi connectivity index (χ2n) is 7.70. The van der Waals surface area contributed by atoms with Gasteiger partial charge in [-0.1, -0.05) is 6.07 Å². The maximum atomic E-state index is 12.4. The lowest BCUT2D eigenvalue weighted by Gasteiger charge is -2.46. The maximum Gasteiger partial charge on any atom is 0.251 e. The van der Waals surface area contributed by atoms with E-state index in [4.69, 9.17) is 0 Å². The van der Waals surface area contributed by atoms with Gasteiger partial charge in [-0.2, -0.15) is 5.10 Å². The highest BCUT2D eigenvalue weighted by Crippen LogP contribution is 2.41. The molecule has 0 amide bonds. The smallest absolute Gasteiger partial charge is 0.251 e. The van der Waals surface area contributed by atoms with Crippen molar-refractivity contribution in [3.8, 4) is 5.82 Å². The Morgan fingerprint density at radius 2 is 2.07 bits per heavy atom. The Balaban J connectivity index is 1.51. The second kappa shape index (κ2) is 6.56. The minimum Gasteiger partial charge on any atom is -0.394 e. The molecule has 0 radical (unpaired) electrons. The van der Waals surface area contributed by atoms with Gasteiger partial charge in [0.25, 0.3) is 5.56 Å². The molecule has 0 aliphatic carbocycles. The Morgan fingerprint density at radius 1 is 1.21 bits per heavy atom. The van der Waals surface area contributed by atoms with Gasteiger partial charge >= 0.3 is 0 Å². The lowest BCUT2D eigenvalue weighted by molar-refractivity contribution is 0.132. The molecule has 144 valence electrons. The number of pyridine rings is 1. The predicted molar refractivity (Wildman–Crippen MR) is 104 cm³/mol. The van der Waals surface area contributed by atoms with Gasteiger partial charge in [0.1, 0.15) is 12.1 Å². The van der Waals surface area contributed by atoms with E-state index >= 15 is 0 Å². The summed E-state index contributed by atoms with van der Waals surface area (Å²) in [5.41, 5.74) is 2.04. The third-order valence-corrected chi connectivity index (χ3v) is 5.89. The average molecular weight is 378 g/mol. The number of anilines is 1. The first kappa shape index (κ1) is 17.1. The Bertz CT molecular complexity index is 1070. The van der Waals surface area contributed by atoms with E-state index in [2.05, 4.69) is 20.0 Å². The Morgan fingerprint density at radius 3 is 2.86 bits per heavy atom. The summed E-state index contributed by atoms with van der Waals surface area (Å²) in [5.74, 6) is 2.00. The van der Waals surface area contributed by atoms with Crippen LogP contribution < -0.4 is 10.5 Å². The zero-order valence-corrected chi connectivity index (χ0v) is 15.6. The van der Waals surface area contributed by atoms with E-state index in [1.807, 2.05) is 31.3 Å². The predicted octanol–water partition coefficient (Wildman–Crippen LogP) is 1.29. The number of hydrogen-bond acceptors (Lipinski definition) is 6. The standard InChI is InChI=1S/C20H22N6O2/c1-13-7-23-25(8-13)19-6-18(21-12-22-19)24-9-14-5-15(10-24)17(11-27)26-16(14)3-2-4-20(26)28/h2-4,6-8,12,14-15,17,27H,5,9-11H2,1H3/t14-,15+,17+/m1/s1. The normalized spacial score (nSPS) is 23.5. The fourth-order valence-electron chi connectivity index (χ4n) is 4.64. The van der Waals surface area contributed by atoms with E-state index in [9.17, 15) is 9.90 Å². The van der Waals surface area contributed by atoms with Crippen LogP contribution in [-0.4, -0.2) is 49.1 Å². The molecule has 5 rings (SSSR count). The molecule has 1 N–H and O–H groups in total. The third kappa shape index (κ3) is 2.72. The molecule has 3 atom stereocenters. The molecule has 28 heavy (non-hydrogen) atoms. The molecule has 3 aromatic rings. The molecular weight excluding hydrogens is 356 g/mol. The number of aryl methyl sites for hydroxylation is 1. The number of hydrogen-bond donors (Lipinski definition) is 1. The highest BCUT2D eigenvalue weighted by molar-refractivity contribution is 5.45. The minimum atomic E-state index is -0.196. The summed E-state index contributed by atoms with van der Waals surface area (Å²) < 4.78 is 3.55. The van der Waals surface area contributed by atoms with Crippen LogP contribution in [0.2, 0.25) is 0 Å². The second-order valence-corrected chi connectivity index (χ2v) is 7.70. The molecule has 0 unspecified atom stereocenters. The van der Waals surface area contributed by atoms with Crippen LogP contribution in [0.1, 0.15) is 29.6 Å². The van der Waals surface area contributed by atoms with Crippen molar-refractivity contribution in [2.75, 3.05) is 24.6 Å². The number of aliphatic hydroxyl groups is 1. The molecule has 3 aromatic heterocycles. The van der Waals surface area contributed by atoms with Gasteiger partial charge in [-0.25, -0.2) is 14.6 Å². The topological polar surface area (TPSA) is 89.1 Å². The Hall–Kier alpha value is -3.00. The van der Waals surface area contributed by atoms with Crippen molar-refractivity contribution in [1.82, 2.24) is 24.3 Å². The van der Waals surface area contributed by atoms with Gasteiger partial charge in [-0.05, 0) is 25.0 Å². The van der Waals surface area contributed by atoms with E-state index in [1.54, 1.807) is 27.8 Å². The van der Waals surface area contributed by atoms with Crippen LogP contribution in [0.5, 0.6) is 0 Å². The number of rotatable bonds is 3. The highest BCUT2D eigenvalue weighted by Gasteiger charge is 2.40. The molecule has 5 heterocycles. The first-order chi connectivity index (χ1) is 13.6. The van der Waals surface area contributed by atoms with Gasteiger partial charge in [0.05, 0.1) is 18.8 Å². The van der Waals surface area contributed by atoms with E-state index in [0.29, 0.717) is 0 Å². The number of aliphatic hydroxyl groups excluding tert-OH is 1. The molecule has 1 saturated heterocycles. The molecule has 8 nitrogen and oxygen atoms in total. The van der Waals surface area contributed by atoms with Gasteiger partial charge in [0.2, 0.25) is 0 Å². The Labute approximate surface area is 162 Å². The van der Waals surface area contributed by atoms with Crippen molar-refractivity contribution >= 4 is 5.82 Å². The van der Waals surface area contributed by atoms with Crippen LogP contribution in [0.25, 0.3) is 5.82 Å². The maximum absolute atomic E-state index is 12.4. The third-order valence-electron chi connectivity index (χ3n) is 5.89. The molecule has 0 aromatic carbocycles. The summed E-state index contributed by atoms with van der Waals surface area (Å²) in [7, 11) is 0. The van der Waals surface area contributed by atoms with E-state index < -0.39 is 0 Å². The SMILES string of the molecule is Cc1cnn(-c2cc(N3C[C@H]4C[C@@H](C3)[C@H](CO)n3c4cccc3=O)ncn2)c1. The zero-order chi connectivity index (χ0) is 19.3. The van der Waals surface area contributed by atoms with E-state index in [-0.39, 0.29) is 30.0 Å². The first-order valence-corrected chi connectivity index (χ1v) is 9.55. The number of fused-ring (bicyclic) bond motifs is 4. The summed E-state index contributed by atoms with van der Waals surface area (Å²) in [4.78, 5) is 23.5. The monoisotopic (exact) mass is 378 g/mol. The molecule has 0 spiro atoms. The summed E-state index contributed by atoms with van der Waals surface area (Å²) in [6.45, 7) is 3.49. The summed E-state index contributed by atoms with van der Waals surface area (Å²) >= 11 is 0. The largest absolute Gasteiger partial charge is 0.394 e. The van der Waals surface area contributed by atoms with Crippen molar-refractivity contribution in [3.05, 3.63) is 64.6 Å². The number of piperidine rings is 1. The van der Waals surface area contributed by atoms with Gasteiger partial charge in [-0.15, -0.1) is 0 Å². The van der Waals surface area contributed by atoms with Crippen molar-refractivity contribution in [3.63, 3.8) is 0 Å². The molecule has 2 bridgehead atoms. The van der Waals surface area contributed by atoms with Crippen LogP contribution >= 0.6 is 0 Å². The zero-order valence-electron chi connectivity index (χ0n) is 15.6. The molecule has 8 heteroatoms. The molecule has 0 saturated carbocycles. The van der Waals surface area contributed by atoms with E-state index in [0.717, 1.165) is 42.4 Å². The van der Waals surface area contributed by atoms with Crippen molar-refractivity contribution < 1.29 is 5.11 Å². The summed E-state index contributed by atoms with van der Waals surface area (Å²) in [5, 5.41) is 14.3. The van der Waals surface area contributed by atoms with Crippen molar-refractivity contribution in [2.45, 2.75) is 25.3 Å². The van der Waals surface area contributed by atoms with Gasteiger partial charge < -0.3 is 14.6 Å². The van der Waals surface area contributed by atoms with Gasteiger partial charge in [0.15, 0.2) is 5.82 Å². The average Bonchev–Trinajstić information content (AvgIpc) is 3.15. The van der Waals surface area contributed by atoms with E-state index in [1.165, 1.54) is 0 Å². The summed E-state index contributed by atoms with van der Waals surface area (Å²) in [6, 6.07) is 7.14. The van der Waals surface area contributed by atoms with Crippen molar-refractivity contribution in [1.29, 1.82) is 0 Å². The number of nitrogens with zero attached hydrogens (tertiary/aromatic N) is 6. The highest BCUT2D eigenvalue weighted by atomic mass is 16.3. The van der Waals surface area contributed by atoms with Crippen LogP contribution in [0.15, 0.2) is 47.8 Å². The number of aromatic nitrogens is 5.